The topological polar surface area (TPSA) is 86.5 Å². The number of carbonyl (C=O) groups is 1. The summed E-state index contributed by atoms with van der Waals surface area (Å²) in [4.78, 5) is 16.3. The second kappa shape index (κ2) is 5.01. The Morgan fingerprint density at radius 3 is 2.75 bits per heavy atom. The van der Waals surface area contributed by atoms with Crippen LogP contribution in [0.1, 0.15) is 10.4 Å². The maximum atomic E-state index is 12.2. The number of hydrogen-bond donors (Lipinski definition) is 2. The molecule has 0 spiro atoms. The quantitative estimate of drug-likeness (QED) is 0.823. The lowest BCUT2D eigenvalue weighted by molar-refractivity contribution is 0.102. The fourth-order valence-electron chi connectivity index (χ4n) is 1.79. The van der Waals surface area contributed by atoms with Crippen LogP contribution in [0.3, 0.4) is 0 Å². The first-order valence-corrected chi connectivity index (χ1v) is 6.55. The number of rotatable bonds is 2. The first kappa shape index (κ1) is 12.7. The summed E-state index contributed by atoms with van der Waals surface area (Å²) in [6.07, 6.45) is 1.60. The maximum absolute atomic E-state index is 12.2. The van der Waals surface area contributed by atoms with Crippen molar-refractivity contribution in [2.75, 3.05) is 17.8 Å². The maximum Gasteiger partial charge on any atom is 0.259 e. The molecule has 1 aliphatic heterocycles. The van der Waals surface area contributed by atoms with E-state index in [1.807, 2.05) is 0 Å². The highest BCUT2D eigenvalue weighted by molar-refractivity contribution is 9.10. The summed E-state index contributed by atoms with van der Waals surface area (Å²) < 4.78 is 11.3. The second-order valence-corrected chi connectivity index (χ2v) is 5.02. The summed E-state index contributed by atoms with van der Waals surface area (Å²) in [5.41, 5.74) is 6.49. The average molecular weight is 336 g/mol. The number of ether oxygens (including phenoxy) is 2. The van der Waals surface area contributed by atoms with E-state index >= 15 is 0 Å². The lowest BCUT2D eigenvalue weighted by Crippen LogP contribution is -2.14. The van der Waals surface area contributed by atoms with Crippen molar-refractivity contribution in [1.29, 1.82) is 0 Å². The molecule has 1 aromatic heterocycles. The molecule has 0 fully saturated rings. The van der Waals surface area contributed by atoms with Crippen LogP contribution >= 0.6 is 15.9 Å². The standard InChI is InChI=1S/C13H10BrN3O3/c14-7-1-2-12(16-5-7)17-13(18)8-3-10-11(4-9(8)15)20-6-19-10/h1-5H,6,15H2,(H,16,17,18). The van der Waals surface area contributed by atoms with E-state index in [1.54, 1.807) is 30.5 Å². The van der Waals surface area contributed by atoms with Gasteiger partial charge in [0, 0.05) is 22.4 Å². The number of aromatic nitrogens is 1. The van der Waals surface area contributed by atoms with Crippen LogP contribution in [0, 0.1) is 0 Å². The summed E-state index contributed by atoms with van der Waals surface area (Å²) >= 11 is 3.28. The number of nitrogens with two attached hydrogens (primary N) is 1. The van der Waals surface area contributed by atoms with E-state index in [4.69, 9.17) is 15.2 Å². The minimum Gasteiger partial charge on any atom is -0.454 e. The lowest BCUT2D eigenvalue weighted by Gasteiger charge is -2.08. The summed E-state index contributed by atoms with van der Waals surface area (Å²) in [7, 11) is 0. The van der Waals surface area contributed by atoms with Crippen LogP contribution in [0.2, 0.25) is 0 Å². The highest BCUT2D eigenvalue weighted by atomic mass is 79.9. The fourth-order valence-corrected chi connectivity index (χ4v) is 2.02. The molecule has 7 heteroatoms. The van der Waals surface area contributed by atoms with Crippen LogP contribution in [0.15, 0.2) is 34.9 Å². The third-order valence-electron chi connectivity index (χ3n) is 2.76. The highest BCUT2D eigenvalue weighted by Gasteiger charge is 2.19. The number of fused-ring (bicyclic) bond motifs is 1. The molecule has 1 amide bonds. The first-order chi connectivity index (χ1) is 9.63. The number of amides is 1. The molecule has 6 nitrogen and oxygen atoms in total. The zero-order chi connectivity index (χ0) is 14.1. The van der Waals surface area contributed by atoms with Gasteiger partial charge in [-0.3, -0.25) is 4.79 Å². The summed E-state index contributed by atoms with van der Waals surface area (Å²) in [6.45, 7) is 0.133. The van der Waals surface area contributed by atoms with Gasteiger partial charge in [0.25, 0.3) is 5.91 Å². The van der Waals surface area contributed by atoms with Crippen LogP contribution in [0.25, 0.3) is 0 Å². The van der Waals surface area contributed by atoms with Gasteiger partial charge in [0.05, 0.1) is 5.56 Å². The molecule has 0 atom stereocenters. The molecule has 0 saturated carbocycles. The van der Waals surface area contributed by atoms with Gasteiger partial charge in [0.1, 0.15) is 5.82 Å². The molecule has 1 aliphatic rings. The molecule has 3 rings (SSSR count). The third-order valence-corrected chi connectivity index (χ3v) is 3.23. The predicted octanol–water partition coefficient (Wildman–Crippen LogP) is 2.41. The minimum absolute atomic E-state index is 0.133. The van der Waals surface area contributed by atoms with Gasteiger partial charge in [-0.25, -0.2) is 4.98 Å². The van der Waals surface area contributed by atoms with Gasteiger partial charge in [-0.2, -0.15) is 0 Å². The van der Waals surface area contributed by atoms with Gasteiger partial charge in [-0.1, -0.05) is 0 Å². The van der Waals surface area contributed by atoms with Crippen LogP contribution in [-0.2, 0) is 0 Å². The number of nitrogen functional groups attached to an aromatic ring is 1. The minimum atomic E-state index is -0.351. The first-order valence-electron chi connectivity index (χ1n) is 5.75. The number of nitrogens with one attached hydrogen (secondary N) is 1. The Bertz CT molecular complexity index is 673. The van der Waals surface area contributed by atoms with Crippen LogP contribution in [0.4, 0.5) is 11.5 Å². The molecule has 2 aromatic rings. The predicted molar refractivity (Wildman–Crippen MR) is 76.9 cm³/mol. The number of anilines is 2. The number of benzene rings is 1. The molecule has 20 heavy (non-hydrogen) atoms. The molecule has 0 bridgehead atoms. The summed E-state index contributed by atoms with van der Waals surface area (Å²) in [5.74, 6) is 1.14. The Balaban J connectivity index is 1.85. The smallest absolute Gasteiger partial charge is 0.259 e. The van der Waals surface area contributed by atoms with Crippen LogP contribution in [0.5, 0.6) is 11.5 Å². The number of nitrogens with zero attached hydrogens (tertiary/aromatic N) is 1. The molecule has 3 N–H and O–H groups in total. The van der Waals surface area contributed by atoms with Gasteiger partial charge in [0.15, 0.2) is 11.5 Å². The third kappa shape index (κ3) is 2.39. The van der Waals surface area contributed by atoms with Crippen molar-refractivity contribution in [3.8, 4) is 11.5 Å². The number of halogens is 1. The number of hydrogen-bond acceptors (Lipinski definition) is 5. The van der Waals surface area contributed by atoms with Crippen molar-refractivity contribution in [3.63, 3.8) is 0 Å². The number of pyridine rings is 1. The normalized spacial score (nSPS) is 12.2. The van der Waals surface area contributed by atoms with E-state index in [0.717, 1.165) is 4.47 Å². The monoisotopic (exact) mass is 335 g/mol. The summed E-state index contributed by atoms with van der Waals surface area (Å²) in [5, 5.41) is 2.67. The van der Waals surface area contributed by atoms with Crippen LogP contribution in [-0.4, -0.2) is 17.7 Å². The molecule has 0 radical (unpaired) electrons. The Morgan fingerprint density at radius 2 is 2.05 bits per heavy atom. The van der Waals surface area contributed by atoms with Gasteiger partial charge >= 0.3 is 0 Å². The highest BCUT2D eigenvalue weighted by Crippen LogP contribution is 2.36. The van der Waals surface area contributed by atoms with Gasteiger partial charge in [-0.15, -0.1) is 0 Å². The van der Waals surface area contributed by atoms with E-state index < -0.39 is 0 Å². The van der Waals surface area contributed by atoms with Gasteiger partial charge in [-0.05, 0) is 34.1 Å². The average Bonchev–Trinajstić information content (AvgIpc) is 2.87. The molecule has 102 valence electrons. The Morgan fingerprint density at radius 1 is 1.30 bits per heavy atom. The zero-order valence-corrected chi connectivity index (χ0v) is 11.8. The van der Waals surface area contributed by atoms with E-state index in [2.05, 4.69) is 26.2 Å². The summed E-state index contributed by atoms with van der Waals surface area (Å²) in [6, 6.07) is 6.61. The Hall–Kier alpha value is -2.28. The SMILES string of the molecule is Nc1cc2c(cc1C(=O)Nc1ccc(Br)cn1)OCO2. The molecule has 2 heterocycles. The molecular formula is C13H10BrN3O3. The molecule has 0 unspecified atom stereocenters. The van der Waals surface area contributed by atoms with Crippen molar-refractivity contribution in [2.45, 2.75) is 0 Å². The van der Waals surface area contributed by atoms with Crippen LogP contribution < -0.4 is 20.5 Å². The van der Waals surface area contributed by atoms with Crippen molar-refractivity contribution in [3.05, 3.63) is 40.5 Å². The van der Waals surface area contributed by atoms with E-state index in [0.29, 0.717) is 28.6 Å². The van der Waals surface area contributed by atoms with Crippen molar-refractivity contribution < 1.29 is 14.3 Å². The number of carbonyl (C=O) groups excluding carboxylic acids is 1. The van der Waals surface area contributed by atoms with E-state index in [1.165, 1.54) is 0 Å². The Kier molecular flexibility index (Phi) is 3.19. The molecule has 0 aliphatic carbocycles. The second-order valence-electron chi connectivity index (χ2n) is 4.11. The van der Waals surface area contributed by atoms with E-state index in [-0.39, 0.29) is 12.7 Å². The molecule has 1 aromatic carbocycles. The zero-order valence-electron chi connectivity index (χ0n) is 10.2. The van der Waals surface area contributed by atoms with Crippen molar-refractivity contribution in [1.82, 2.24) is 4.98 Å². The largest absolute Gasteiger partial charge is 0.454 e. The fraction of sp³-hybridized carbons (Fsp3) is 0.0769. The van der Waals surface area contributed by atoms with Gasteiger partial charge < -0.3 is 20.5 Å². The lowest BCUT2D eigenvalue weighted by atomic mass is 10.1. The van der Waals surface area contributed by atoms with Gasteiger partial charge in [0.2, 0.25) is 6.79 Å². The van der Waals surface area contributed by atoms with E-state index in [9.17, 15) is 4.79 Å². The van der Waals surface area contributed by atoms with Crippen molar-refractivity contribution in [2.24, 2.45) is 0 Å². The van der Waals surface area contributed by atoms with Crippen molar-refractivity contribution >= 4 is 33.3 Å². The Labute approximate surface area is 123 Å². The molecule has 0 saturated heterocycles. The molecular weight excluding hydrogens is 326 g/mol.